The first kappa shape index (κ1) is 14.5. The minimum Gasteiger partial charge on any atom is -0.486 e. The molecule has 2 unspecified atom stereocenters. The van der Waals surface area contributed by atoms with Gasteiger partial charge in [-0.3, -0.25) is 0 Å². The van der Waals surface area contributed by atoms with Crippen LogP contribution in [0.2, 0.25) is 10.0 Å². The number of hydrogen-bond donors (Lipinski definition) is 1. The van der Waals surface area contributed by atoms with Gasteiger partial charge in [0.1, 0.15) is 6.61 Å². The van der Waals surface area contributed by atoms with Crippen LogP contribution in [0, 0.1) is 0 Å². The summed E-state index contributed by atoms with van der Waals surface area (Å²) in [5.41, 5.74) is 0.718. The summed E-state index contributed by atoms with van der Waals surface area (Å²) >= 11 is 12.3. The maximum atomic E-state index is 10.4. The Kier molecular flexibility index (Phi) is 4.24. The summed E-state index contributed by atoms with van der Waals surface area (Å²) in [5, 5.41) is 11.5. The molecule has 110 valence electrons. The summed E-state index contributed by atoms with van der Waals surface area (Å²) in [6.45, 7) is 0.292. The first-order valence-electron chi connectivity index (χ1n) is 6.64. The van der Waals surface area contributed by atoms with E-state index in [2.05, 4.69) is 0 Å². The third kappa shape index (κ3) is 3.10. The largest absolute Gasteiger partial charge is 0.486 e. The Morgan fingerprint density at radius 2 is 1.71 bits per heavy atom. The molecule has 1 heterocycles. The molecule has 1 N–H and O–H groups in total. The topological polar surface area (TPSA) is 38.7 Å². The third-order valence-corrected chi connectivity index (χ3v) is 4.14. The fourth-order valence-corrected chi connectivity index (χ4v) is 2.85. The van der Waals surface area contributed by atoms with Crippen molar-refractivity contribution in [2.45, 2.75) is 18.6 Å². The Morgan fingerprint density at radius 1 is 1.05 bits per heavy atom. The highest BCUT2D eigenvalue weighted by molar-refractivity contribution is 6.36. The van der Waals surface area contributed by atoms with E-state index in [4.69, 9.17) is 32.7 Å². The van der Waals surface area contributed by atoms with Gasteiger partial charge < -0.3 is 14.6 Å². The van der Waals surface area contributed by atoms with Crippen LogP contribution in [0.4, 0.5) is 0 Å². The molecule has 2 atom stereocenters. The van der Waals surface area contributed by atoms with E-state index in [1.807, 2.05) is 24.3 Å². The van der Waals surface area contributed by atoms with E-state index >= 15 is 0 Å². The van der Waals surface area contributed by atoms with E-state index in [0.717, 1.165) is 5.56 Å². The van der Waals surface area contributed by atoms with Crippen molar-refractivity contribution in [3.63, 3.8) is 0 Å². The summed E-state index contributed by atoms with van der Waals surface area (Å²) in [6, 6.07) is 12.7. The van der Waals surface area contributed by atoms with Gasteiger partial charge in [0.2, 0.25) is 0 Å². The molecule has 1 aliphatic heterocycles. The lowest BCUT2D eigenvalue weighted by Gasteiger charge is -2.30. The van der Waals surface area contributed by atoms with Crippen molar-refractivity contribution in [2.75, 3.05) is 6.61 Å². The normalized spacial score (nSPS) is 18.3. The summed E-state index contributed by atoms with van der Waals surface area (Å²) < 4.78 is 11.4. The monoisotopic (exact) mass is 324 g/mol. The van der Waals surface area contributed by atoms with E-state index in [9.17, 15) is 5.11 Å². The van der Waals surface area contributed by atoms with E-state index in [1.165, 1.54) is 0 Å². The summed E-state index contributed by atoms with van der Waals surface area (Å²) in [7, 11) is 0. The van der Waals surface area contributed by atoms with E-state index < -0.39 is 12.2 Å². The molecule has 5 heteroatoms. The minimum atomic E-state index is -0.754. The van der Waals surface area contributed by atoms with Gasteiger partial charge in [-0.05, 0) is 29.8 Å². The average Bonchev–Trinajstić information content (AvgIpc) is 2.50. The SMILES string of the molecule is OC(Cc1c(Cl)cccc1Cl)C1COc2ccccc2O1. The summed E-state index contributed by atoms with van der Waals surface area (Å²) in [5.74, 6) is 1.33. The first-order chi connectivity index (χ1) is 10.1. The highest BCUT2D eigenvalue weighted by atomic mass is 35.5. The molecule has 0 saturated heterocycles. The van der Waals surface area contributed by atoms with Gasteiger partial charge in [-0.1, -0.05) is 41.4 Å². The van der Waals surface area contributed by atoms with Crippen LogP contribution in [0.3, 0.4) is 0 Å². The number of ether oxygens (including phenoxy) is 2. The van der Waals surface area contributed by atoms with Crippen molar-refractivity contribution in [1.82, 2.24) is 0 Å². The lowest BCUT2D eigenvalue weighted by atomic mass is 10.0. The van der Waals surface area contributed by atoms with Crippen molar-refractivity contribution in [1.29, 1.82) is 0 Å². The van der Waals surface area contributed by atoms with Gasteiger partial charge in [0.15, 0.2) is 17.6 Å². The molecule has 0 amide bonds. The van der Waals surface area contributed by atoms with E-state index in [-0.39, 0.29) is 0 Å². The molecule has 0 fully saturated rings. The molecular weight excluding hydrogens is 311 g/mol. The van der Waals surface area contributed by atoms with Gasteiger partial charge in [0.25, 0.3) is 0 Å². The van der Waals surface area contributed by atoms with Crippen molar-refractivity contribution >= 4 is 23.2 Å². The van der Waals surface area contributed by atoms with Gasteiger partial charge in [0.05, 0.1) is 6.10 Å². The smallest absolute Gasteiger partial charge is 0.161 e. The molecule has 1 aliphatic rings. The fourth-order valence-electron chi connectivity index (χ4n) is 2.29. The number of fused-ring (bicyclic) bond motifs is 1. The molecule has 0 aromatic heterocycles. The molecule has 0 aliphatic carbocycles. The number of halogens is 2. The van der Waals surface area contributed by atoms with E-state index in [1.54, 1.807) is 18.2 Å². The number of hydrogen-bond acceptors (Lipinski definition) is 3. The van der Waals surface area contributed by atoms with Gasteiger partial charge in [-0.15, -0.1) is 0 Å². The van der Waals surface area contributed by atoms with Gasteiger partial charge in [0, 0.05) is 16.5 Å². The Hall–Kier alpha value is -1.42. The number of aliphatic hydroxyl groups excluding tert-OH is 1. The Morgan fingerprint density at radius 3 is 2.43 bits per heavy atom. The zero-order valence-electron chi connectivity index (χ0n) is 11.1. The number of aliphatic hydroxyl groups is 1. The predicted octanol–water partition coefficient (Wildman–Crippen LogP) is 3.74. The molecule has 0 radical (unpaired) electrons. The first-order valence-corrected chi connectivity index (χ1v) is 7.40. The molecule has 3 rings (SSSR count). The molecular formula is C16H14Cl2O3. The van der Waals surface area contributed by atoms with Gasteiger partial charge in [-0.2, -0.15) is 0 Å². The molecule has 0 bridgehead atoms. The lowest BCUT2D eigenvalue weighted by Crippen LogP contribution is -2.40. The zero-order chi connectivity index (χ0) is 14.8. The van der Waals surface area contributed by atoms with Crippen LogP contribution in [-0.4, -0.2) is 23.9 Å². The predicted molar refractivity (Wildman–Crippen MR) is 82.5 cm³/mol. The van der Waals surface area contributed by atoms with Crippen molar-refractivity contribution in [2.24, 2.45) is 0 Å². The average molecular weight is 325 g/mol. The highest BCUT2D eigenvalue weighted by Crippen LogP contribution is 2.33. The fraction of sp³-hybridized carbons (Fsp3) is 0.250. The van der Waals surface area contributed by atoms with Gasteiger partial charge in [-0.25, -0.2) is 0 Å². The van der Waals surface area contributed by atoms with Crippen LogP contribution in [0.25, 0.3) is 0 Å². The second kappa shape index (κ2) is 6.14. The van der Waals surface area contributed by atoms with Crippen molar-refractivity contribution in [3.8, 4) is 11.5 Å². The number of para-hydroxylation sites is 2. The van der Waals surface area contributed by atoms with Gasteiger partial charge >= 0.3 is 0 Å². The van der Waals surface area contributed by atoms with Crippen LogP contribution in [0.1, 0.15) is 5.56 Å². The standard InChI is InChI=1S/C16H14Cl2O3/c17-11-4-3-5-12(18)10(11)8-13(19)16-9-20-14-6-1-2-7-15(14)21-16/h1-7,13,16,19H,8-9H2. The molecule has 2 aromatic rings. The number of benzene rings is 2. The zero-order valence-corrected chi connectivity index (χ0v) is 12.6. The second-order valence-electron chi connectivity index (χ2n) is 4.89. The van der Waals surface area contributed by atoms with Crippen LogP contribution in [0.5, 0.6) is 11.5 Å². The van der Waals surface area contributed by atoms with Crippen LogP contribution < -0.4 is 9.47 Å². The minimum absolute atomic E-state index is 0.292. The third-order valence-electron chi connectivity index (χ3n) is 3.43. The Labute approximate surface area is 133 Å². The summed E-state index contributed by atoms with van der Waals surface area (Å²) in [4.78, 5) is 0. The van der Waals surface area contributed by atoms with E-state index in [0.29, 0.717) is 34.6 Å². The van der Waals surface area contributed by atoms with Crippen molar-refractivity contribution in [3.05, 3.63) is 58.1 Å². The number of rotatable bonds is 3. The van der Waals surface area contributed by atoms with Crippen LogP contribution in [0.15, 0.2) is 42.5 Å². The molecule has 0 saturated carbocycles. The highest BCUT2D eigenvalue weighted by Gasteiger charge is 2.28. The quantitative estimate of drug-likeness (QED) is 0.934. The summed E-state index contributed by atoms with van der Waals surface area (Å²) in [6.07, 6.45) is -0.891. The Balaban J connectivity index is 1.74. The molecule has 21 heavy (non-hydrogen) atoms. The maximum absolute atomic E-state index is 10.4. The van der Waals surface area contributed by atoms with Crippen LogP contribution >= 0.6 is 23.2 Å². The molecule has 3 nitrogen and oxygen atoms in total. The van der Waals surface area contributed by atoms with Crippen molar-refractivity contribution < 1.29 is 14.6 Å². The lowest BCUT2D eigenvalue weighted by molar-refractivity contribution is -0.00939. The molecule has 0 spiro atoms. The molecule has 2 aromatic carbocycles. The second-order valence-corrected chi connectivity index (χ2v) is 5.70. The van der Waals surface area contributed by atoms with Crippen LogP contribution in [-0.2, 0) is 6.42 Å². The maximum Gasteiger partial charge on any atom is 0.161 e. The Bertz CT molecular complexity index is 625.